The number of nitrogens with one attached hydrogen (secondary N) is 1. The van der Waals surface area contributed by atoms with Crippen LogP contribution in [0.5, 0.6) is 0 Å². The molecule has 80 valence electrons. The Morgan fingerprint density at radius 3 is 2.81 bits per heavy atom. The standard InChI is InChI=1S/C9H6BrN5O/c10-6-2-1-3-11-7(6)8(16)14-9-12-4-5-13-15-9/h1-5H,(H,12,14,15,16). The summed E-state index contributed by atoms with van der Waals surface area (Å²) >= 11 is 3.23. The van der Waals surface area contributed by atoms with Crippen LogP contribution >= 0.6 is 15.9 Å². The maximum absolute atomic E-state index is 11.7. The SMILES string of the molecule is O=C(Nc1nccnn1)c1ncccc1Br. The van der Waals surface area contributed by atoms with Crippen molar-refractivity contribution in [2.24, 2.45) is 0 Å². The average Bonchev–Trinajstić information content (AvgIpc) is 2.31. The van der Waals surface area contributed by atoms with Gasteiger partial charge in [0.2, 0.25) is 5.95 Å². The van der Waals surface area contributed by atoms with Crippen molar-refractivity contribution >= 4 is 27.8 Å². The summed E-state index contributed by atoms with van der Waals surface area (Å²) in [7, 11) is 0. The Hall–Kier alpha value is -1.89. The van der Waals surface area contributed by atoms with Crippen LogP contribution in [0.1, 0.15) is 10.5 Å². The second-order valence-corrected chi connectivity index (χ2v) is 3.61. The van der Waals surface area contributed by atoms with Crippen LogP contribution in [0.25, 0.3) is 0 Å². The van der Waals surface area contributed by atoms with E-state index in [0.29, 0.717) is 4.47 Å². The monoisotopic (exact) mass is 279 g/mol. The molecule has 1 amide bonds. The molecule has 0 bridgehead atoms. The van der Waals surface area contributed by atoms with E-state index in [-0.39, 0.29) is 17.5 Å². The van der Waals surface area contributed by atoms with Crippen molar-refractivity contribution in [3.63, 3.8) is 0 Å². The number of hydrogen-bond donors (Lipinski definition) is 1. The second-order valence-electron chi connectivity index (χ2n) is 2.75. The van der Waals surface area contributed by atoms with Crippen LogP contribution in [-0.4, -0.2) is 26.1 Å². The molecule has 16 heavy (non-hydrogen) atoms. The summed E-state index contributed by atoms with van der Waals surface area (Å²) in [5.41, 5.74) is 0.273. The average molecular weight is 280 g/mol. The van der Waals surface area contributed by atoms with Gasteiger partial charge in [0.05, 0.1) is 12.4 Å². The molecule has 1 N–H and O–H groups in total. The topological polar surface area (TPSA) is 80.7 Å². The molecule has 0 aliphatic rings. The highest BCUT2D eigenvalue weighted by Gasteiger charge is 2.12. The molecule has 0 atom stereocenters. The Bertz CT molecular complexity index is 504. The minimum absolute atomic E-state index is 0.144. The number of carbonyl (C=O) groups excluding carboxylic acids is 1. The zero-order valence-corrected chi connectivity index (χ0v) is 9.55. The lowest BCUT2D eigenvalue weighted by Gasteiger charge is -2.02. The maximum Gasteiger partial charge on any atom is 0.277 e. The summed E-state index contributed by atoms with van der Waals surface area (Å²) in [6.07, 6.45) is 4.40. The number of anilines is 1. The lowest BCUT2D eigenvalue weighted by Crippen LogP contribution is -2.16. The van der Waals surface area contributed by atoms with E-state index in [2.05, 4.69) is 41.4 Å². The number of nitrogens with zero attached hydrogens (tertiary/aromatic N) is 4. The molecule has 0 saturated carbocycles. The van der Waals surface area contributed by atoms with E-state index >= 15 is 0 Å². The smallest absolute Gasteiger partial charge is 0.277 e. The molecule has 0 aliphatic carbocycles. The van der Waals surface area contributed by atoms with Gasteiger partial charge in [0.15, 0.2) is 0 Å². The Kier molecular flexibility index (Phi) is 3.16. The lowest BCUT2D eigenvalue weighted by atomic mass is 10.3. The molecule has 0 fully saturated rings. The van der Waals surface area contributed by atoms with Crippen LogP contribution in [0.15, 0.2) is 35.2 Å². The zero-order chi connectivity index (χ0) is 11.4. The summed E-state index contributed by atoms with van der Waals surface area (Å²) in [6.45, 7) is 0. The van der Waals surface area contributed by atoms with Gasteiger partial charge < -0.3 is 0 Å². The predicted octanol–water partition coefficient (Wildman–Crippen LogP) is 1.28. The third kappa shape index (κ3) is 2.37. The number of amides is 1. The van der Waals surface area contributed by atoms with E-state index in [9.17, 15) is 4.79 Å². The van der Waals surface area contributed by atoms with Crippen molar-refractivity contribution in [2.75, 3.05) is 5.32 Å². The van der Waals surface area contributed by atoms with Gasteiger partial charge in [-0.15, -0.1) is 5.10 Å². The van der Waals surface area contributed by atoms with Gasteiger partial charge in [-0.3, -0.25) is 10.1 Å². The number of hydrogen-bond acceptors (Lipinski definition) is 5. The molecule has 2 rings (SSSR count). The van der Waals surface area contributed by atoms with E-state index < -0.39 is 0 Å². The predicted molar refractivity (Wildman–Crippen MR) is 59.7 cm³/mol. The quantitative estimate of drug-likeness (QED) is 0.896. The van der Waals surface area contributed by atoms with Crippen molar-refractivity contribution in [2.45, 2.75) is 0 Å². The number of pyridine rings is 1. The third-order valence-corrected chi connectivity index (χ3v) is 2.32. The molecule has 0 unspecified atom stereocenters. The third-order valence-electron chi connectivity index (χ3n) is 1.68. The van der Waals surface area contributed by atoms with Crippen LogP contribution in [0.4, 0.5) is 5.95 Å². The van der Waals surface area contributed by atoms with Gasteiger partial charge in [-0.1, -0.05) is 0 Å². The molecular weight excluding hydrogens is 274 g/mol. The van der Waals surface area contributed by atoms with Gasteiger partial charge in [-0.2, -0.15) is 5.10 Å². The number of aromatic nitrogens is 4. The number of carbonyl (C=O) groups is 1. The summed E-state index contributed by atoms with van der Waals surface area (Å²) in [4.78, 5) is 19.5. The van der Waals surface area contributed by atoms with Crippen molar-refractivity contribution in [1.82, 2.24) is 20.2 Å². The first-order chi connectivity index (χ1) is 7.77. The van der Waals surface area contributed by atoms with E-state index in [1.165, 1.54) is 18.6 Å². The molecule has 2 aromatic rings. The Balaban J connectivity index is 2.19. The fourth-order valence-corrected chi connectivity index (χ4v) is 1.45. The Labute approximate surface area is 99.3 Å². The van der Waals surface area contributed by atoms with Crippen LogP contribution in [-0.2, 0) is 0 Å². The van der Waals surface area contributed by atoms with E-state index in [4.69, 9.17) is 0 Å². The molecule has 0 spiro atoms. The second kappa shape index (κ2) is 4.75. The Morgan fingerprint density at radius 2 is 2.12 bits per heavy atom. The van der Waals surface area contributed by atoms with Crippen LogP contribution < -0.4 is 5.32 Å². The molecule has 7 heteroatoms. The van der Waals surface area contributed by atoms with Gasteiger partial charge in [0.25, 0.3) is 5.91 Å². The minimum Gasteiger partial charge on any atom is -0.288 e. The van der Waals surface area contributed by atoms with Gasteiger partial charge in [0, 0.05) is 10.7 Å². The first-order valence-electron chi connectivity index (χ1n) is 4.33. The summed E-state index contributed by atoms with van der Waals surface area (Å²) < 4.78 is 0.608. The minimum atomic E-state index is -0.388. The highest BCUT2D eigenvalue weighted by atomic mass is 79.9. The molecule has 0 saturated heterocycles. The van der Waals surface area contributed by atoms with Gasteiger partial charge in [0.1, 0.15) is 5.69 Å². The molecule has 2 heterocycles. The van der Waals surface area contributed by atoms with Crippen LogP contribution in [0.3, 0.4) is 0 Å². The van der Waals surface area contributed by atoms with Crippen LogP contribution in [0.2, 0.25) is 0 Å². The normalized spacial score (nSPS) is 9.81. The first-order valence-corrected chi connectivity index (χ1v) is 5.12. The van der Waals surface area contributed by atoms with Crippen molar-refractivity contribution in [1.29, 1.82) is 0 Å². The van der Waals surface area contributed by atoms with E-state index in [1.54, 1.807) is 12.1 Å². The van der Waals surface area contributed by atoms with E-state index in [0.717, 1.165) is 0 Å². The van der Waals surface area contributed by atoms with Crippen molar-refractivity contribution in [3.05, 3.63) is 40.9 Å². The maximum atomic E-state index is 11.7. The highest BCUT2D eigenvalue weighted by molar-refractivity contribution is 9.10. The molecule has 6 nitrogen and oxygen atoms in total. The summed E-state index contributed by atoms with van der Waals surface area (Å²) in [5.74, 6) is -0.245. The highest BCUT2D eigenvalue weighted by Crippen LogP contribution is 2.13. The lowest BCUT2D eigenvalue weighted by molar-refractivity contribution is 0.102. The molecule has 0 aromatic carbocycles. The molecule has 2 aromatic heterocycles. The fraction of sp³-hybridized carbons (Fsp3) is 0. The van der Waals surface area contributed by atoms with Crippen molar-refractivity contribution < 1.29 is 4.79 Å². The Morgan fingerprint density at radius 1 is 1.25 bits per heavy atom. The van der Waals surface area contributed by atoms with Gasteiger partial charge in [-0.05, 0) is 28.1 Å². The van der Waals surface area contributed by atoms with Crippen molar-refractivity contribution in [3.8, 4) is 0 Å². The fourth-order valence-electron chi connectivity index (χ4n) is 1.02. The van der Waals surface area contributed by atoms with E-state index in [1.807, 2.05) is 0 Å². The van der Waals surface area contributed by atoms with Gasteiger partial charge >= 0.3 is 0 Å². The van der Waals surface area contributed by atoms with Gasteiger partial charge in [-0.25, -0.2) is 9.97 Å². The number of halogens is 1. The molecule has 0 radical (unpaired) electrons. The number of rotatable bonds is 2. The zero-order valence-electron chi connectivity index (χ0n) is 7.96. The molecular formula is C9H6BrN5O. The van der Waals surface area contributed by atoms with Crippen LogP contribution in [0, 0.1) is 0 Å². The summed E-state index contributed by atoms with van der Waals surface area (Å²) in [6, 6.07) is 3.45. The molecule has 0 aliphatic heterocycles. The summed E-state index contributed by atoms with van der Waals surface area (Å²) in [5, 5.41) is 9.72. The largest absolute Gasteiger partial charge is 0.288 e. The first kappa shape index (κ1) is 10.6.